The highest BCUT2D eigenvalue weighted by Crippen LogP contribution is 2.27. The molecule has 0 spiro atoms. The number of amides is 1. The van der Waals surface area contributed by atoms with Gasteiger partial charge in [0.25, 0.3) is 5.91 Å². The van der Waals surface area contributed by atoms with Crippen molar-refractivity contribution in [2.24, 2.45) is 5.92 Å². The quantitative estimate of drug-likeness (QED) is 0.838. The van der Waals surface area contributed by atoms with Crippen molar-refractivity contribution in [1.82, 2.24) is 10.3 Å². The van der Waals surface area contributed by atoms with E-state index in [1.807, 2.05) is 0 Å². The minimum atomic E-state index is -0.269. The predicted molar refractivity (Wildman–Crippen MR) is 74.2 cm³/mol. The molecule has 5 heteroatoms. The molecule has 0 aliphatic heterocycles. The fourth-order valence-corrected chi connectivity index (χ4v) is 3.18. The summed E-state index contributed by atoms with van der Waals surface area (Å²) >= 11 is 3.47. The van der Waals surface area contributed by atoms with Gasteiger partial charge in [-0.3, -0.25) is 9.59 Å². The van der Waals surface area contributed by atoms with Crippen LogP contribution in [0.1, 0.15) is 35.3 Å². The Morgan fingerprint density at radius 2 is 2.33 bits per heavy atom. The van der Waals surface area contributed by atoms with Gasteiger partial charge in [-0.15, -0.1) is 0 Å². The molecule has 1 heterocycles. The summed E-state index contributed by atoms with van der Waals surface area (Å²) in [4.78, 5) is 26.7. The molecule has 0 radical (unpaired) electrons. The Morgan fingerprint density at radius 1 is 1.56 bits per heavy atom. The number of hydrogen-bond acceptors (Lipinski definition) is 2. The number of carbonyl (C=O) groups excluding carboxylic acids is 1. The van der Waals surface area contributed by atoms with Gasteiger partial charge in [0, 0.05) is 29.3 Å². The zero-order chi connectivity index (χ0) is 13.1. The van der Waals surface area contributed by atoms with E-state index < -0.39 is 0 Å². The van der Waals surface area contributed by atoms with Crippen molar-refractivity contribution in [3.8, 4) is 0 Å². The van der Waals surface area contributed by atoms with Crippen molar-refractivity contribution in [1.29, 1.82) is 0 Å². The predicted octanol–water partition coefficient (Wildman–Crippen LogP) is 1.98. The van der Waals surface area contributed by atoms with Crippen LogP contribution in [0.3, 0.4) is 0 Å². The normalized spacial score (nSPS) is 23.0. The van der Waals surface area contributed by atoms with E-state index in [1.165, 1.54) is 12.3 Å². The number of carbonyl (C=O) groups is 1. The number of rotatable bonds is 3. The maximum atomic E-state index is 12.0. The highest BCUT2D eigenvalue weighted by Gasteiger charge is 2.28. The number of H-pyrrole nitrogens is 1. The molecule has 4 nitrogen and oxygen atoms in total. The Hall–Kier alpha value is -1.10. The van der Waals surface area contributed by atoms with Crippen LogP contribution in [0.15, 0.2) is 17.1 Å². The van der Waals surface area contributed by atoms with Gasteiger partial charge < -0.3 is 10.3 Å². The Labute approximate surface area is 114 Å². The van der Waals surface area contributed by atoms with Crippen LogP contribution in [0.5, 0.6) is 0 Å². The molecule has 0 bridgehead atoms. The van der Waals surface area contributed by atoms with Crippen LogP contribution in [0.2, 0.25) is 0 Å². The van der Waals surface area contributed by atoms with E-state index >= 15 is 0 Å². The van der Waals surface area contributed by atoms with Crippen molar-refractivity contribution in [3.05, 3.63) is 33.7 Å². The molecule has 1 aromatic heterocycles. The summed E-state index contributed by atoms with van der Waals surface area (Å²) in [6.45, 7) is 1.79. The third-order valence-corrected chi connectivity index (χ3v) is 4.31. The molecular formula is C13H17BrN2O2. The third-order valence-electron chi connectivity index (χ3n) is 3.48. The van der Waals surface area contributed by atoms with Gasteiger partial charge in [0.15, 0.2) is 5.43 Å². The number of hydrogen-bond donors (Lipinski definition) is 2. The first-order valence-electron chi connectivity index (χ1n) is 6.18. The van der Waals surface area contributed by atoms with E-state index in [2.05, 4.69) is 26.2 Å². The average Bonchev–Trinajstić information content (AvgIpc) is 2.76. The second-order valence-corrected chi connectivity index (χ2v) is 5.47. The van der Waals surface area contributed by atoms with Gasteiger partial charge in [-0.2, -0.15) is 0 Å². The first-order valence-corrected chi connectivity index (χ1v) is 7.30. The van der Waals surface area contributed by atoms with Crippen LogP contribution < -0.4 is 10.7 Å². The number of aromatic amines is 1. The van der Waals surface area contributed by atoms with Crippen LogP contribution in [0, 0.1) is 12.8 Å². The molecule has 1 saturated carbocycles. The highest BCUT2D eigenvalue weighted by molar-refractivity contribution is 9.09. The van der Waals surface area contributed by atoms with Crippen molar-refractivity contribution < 1.29 is 4.79 Å². The van der Waals surface area contributed by atoms with Crippen LogP contribution in [-0.4, -0.2) is 22.3 Å². The molecule has 98 valence electrons. The summed E-state index contributed by atoms with van der Waals surface area (Å²) in [5.41, 5.74) is 0.730. The van der Waals surface area contributed by atoms with Crippen molar-refractivity contribution >= 4 is 21.8 Å². The number of nitrogens with one attached hydrogen (secondary N) is 2. The molecule has 2 N–H and O–H groups in total. The topological polar surface area (TPSA) is 62.0 Å². The summed E-state index contributed by atoms with van der Waals surface area (Å²) in [7, 11) is 0. The van der Waals surface area contributed by atoms with Crippen molar-refractivity contribution in [3.63, 3.8) is 0 Å². The van der Waals surface area contributed by atoms with Gasteiger partial charge >= 0.3 is 0 Å². The first kappa shape index (κ1) is 13.3. The van der Waals surface area contributed by atoms with E-state index in [4.69, 9.17) is 0 Å². The third kappa shape index (κ3) is 2.83. The fourth-order valence-electron chi connectivity index (χ4n) is 2.41. The molecule has 2 rings (SSSR count). The Kier molecular flexibility index (Phi) is 4.22. The lowest BCUT2D eigenvalue weighted by atomic mass is 10.1. The largest absolute Gasteiger partial charge is 0.364 e. The fraction of sp³-hybridized carbons (Fsp3) is 0.538. The zero-order valence-corrected chi connectivity index (χ0v) is 11.9. The van der Waals surface area contributed by atoms with Gasteiger partial charge in [0.1, 0.15) is 5.56 Å². The Balaban J connectivity index is 2.10. The zero-order valence-electron chi connectivity index (χ0n) is 10.3. The Morgan fingerprint density at radius 3 is 3.00 bits per heavy atom. The van der Waals surface area contributed by atoms with Gasteiger partial charge in [-0.1, -0.05) is 22.4 Å². The molecule has 2 unspecified atom stereocenters. The number of aromatic nitrogens is 1. The molecule has 1 aliphatic rings. The summed E-state index contributed by atoms with van der Waals surface area (Å²) in [5.74, 6) is 0.201. The second kappa shape index (κ2) is 5.69. The van der Waals surface area contributed by atoms with E-state index in [0.29, 0.717) is 5.92 Å². The summed E-state index contributed by atoms with van der Waals surface area (Å²) in [6.07, 6.45) is 4.74. The van der Waals surface area contributed by atoms with Crippen LogP contribution in [0.4, 0.5) is 0 Å². The molecule has 1 aromatic rings. The van der Waals surface area contributed by atoms with E-state index in [9.17, 15) is 9.59 Å². The Bertz CT molecular complexity index is 498. The molecule has 0 aromatic carbocycles. The molecule has 2 atom stereocenters. The van der Waals surface area contributed by atoms with Gasteiger partial charge in [-0.25, -0.2) is 0 Å². The summed E-state index contributed by atoms with van der Waals surface area (Å²) in [5, 5.41) is 3.86. The first-order chi connectivity index (χ1) is 8.61. The maximum Gasteiger partial charge on any atom is 0.256 e. The number of alkyl halides is 1. The minimum absolute atomic E-state index is 0.178. The van der Waals surface area contributed by atoms with Crippen molar-refractivity contribution in [2.45, 2.75) is 32.2 Å². The lowest BCUT2D eigenvalue weighted by molar-refractivity contribution is 0.0929. The van der Waals surface area contributed by atoms with Crippen LogP contribution >= 0.6 is 15.9 Å². The SMILES string of the molecule is Cc1cc(=O)c(C(=O)NC2CCCC2CBr)c[nH]1. The van der Waals surface area contributed by atoms with Crippen molar-refractivity contribution in [2.75, 3.05) is 5.33 Å². The molecule has 1 amide bonds. The van der Waals surface area contributed by atoms with E-state index in [-0.39, 0.29) is 22.9 Å². The smallest absolute Gasteiger partial charge is 0.256 e. The molecular weight excluding hydrogens is 296 g/mol. The lowest BCUT2D eigenvalue weighted by Gasteiger charge is -2.18. The maximum absolute atomic E-state index is 12.0. The average molecular weight is 313 g/mol. The monoisotopic (exact) mass is 312 g/mol. The molecule has 1 fully saturated rings. The molecule has 18 heavy (non-hydrogen) atoms. The highest BCUT2D eigenvalue weighted by atomic mass is 79.9. The minimum Gasteiger partial charge on any atom is -0.364 e. The summed E-state index contributed by atoms with van der Waals surface area (Å²) < 4.78 is 0. The number of pyridine rings is 1. The van der Waals surface area contributed by atoms with Crippen LogP contribution in [-0.2, 0) is 0 Å². The second-order valence-electron chi connectivity index (χ2n) is 4.82. The molecule has 1 aliphatic carbocycles. The van der Waals surface area contributed by atoms with Gasteiger partial charge in [0.05, 0.1) is 0 Å². The number of halogens is 1. The molecule has 0 saturated heterocycles. The summed E-state index contributed by atoms with van der Waals surface area (Å²) in [6, 6.07) is 1.63. The van der Waals surface area contributed by atoms with E-state index in [1.54, 1.807) is 6.92 Å². The lowest BCUT2D eigenvalue weighted by Crippen LogP contribution is -2.39. The standard InChI is InChI=1S/C13H17BrN2O2/c1-8-5-12(17)10(7-15-8)13(18)16-11-4-2-3-9(11)6-14/h5,7,9,11H,2-4,6H2,1H3,(H,15,17)(H,16,18). The van der Waals surface area contributed by atoms with E-state index in [0.717, 1.165) is 30.3 Å². The van der Waals surface area contributed by atoms with Crippen LogP contribution in [0.25, 0.3) is 0 Å². The number of aryl methyl sites for hydroxylation is 1. The van der Waals surface area contributed by atoms with Gasteiger partial charge in [0.2, 0.25) is 0 Å². The van der Waals surface area contributed by atoms with Gasteiger partial charge in [-0.05, 0) is 25.7 Å².